The lowest BCUT2D eigenvalue weighted by atomic mass is 9.74. The number of hydrogen-bond donors (Lipinski definition) is 0. The van der Waals surface area contributed by atoms with Crippen molar-refractivity contribution in [3.8, 4) is 0 Å². The van der Waals surface area contributed by atoms with E-state index in [0.29, 0.717) is 17.8 Å². The van der Waals surface area contributed by atoms with Gasteiger partial charge in [0, 0.05) is 5.92 Å². The van der Waals surface area contributed by atoms with Crippen molar-refractivity contribution in [3.05, 3.63) is 11.6 Å². The highest BCUT2D eigenvalue weighted by molar-refractivity contribution is 5.09. The summed E-state index contributed by atoms with van der Waals surface area (Å²) in [5, 5.41) is 0. The van der Waals surface area contributed by atoms with Gasteiger partial charge >= 0.3 is 0 Å². The van der Waals surface area contributed by atoms with Crippen molar-refractivity contribution in [2.45, 2.75) is 66.0 Å². The molecule has 0 bridgehead atoms. The predicted octanol–water partition coefficient (Wildman–Crippen LogP) is 3.76. The van der Waals surface area contributed by atoms with E-state index in [2.05, 4.69) is 47.6 Å². The second kappa shape index (κ2) is 4.40. The largest absolute Gasteiger partial charge is 0.346 e. The summed E-state index contributed by atoms with van der Waals surface area (Å²) >= 11 is 0. The molecule has 0 aromatic heterocycles. The van der Waals surface area contributed by atoms with Crippen LogP contribution in [0.4, 0.5) is 0 Å². The van der Waals surface area contributed by atoms with E-state index in [9.17, 15) is 0 Å². The van der Waals surface area contributed by atoms with Gasteiger partial charge in [0.15, 0.2) is 6.29 Å². The van der Waals surface area contributed by atoms with Crippen molar-refractivity contribution in [1.29, 1.82) is 0 Å². The summed E-state index contributed by atoms with van der Waals surface area (Å²) < 4.78 is 12.2. The Bertz CT molecular complexity index is 319. The Kier molecular flexibility index (Phi) is 3.39. The van der Waals surface area contributed by atoms with Gasteiger partial charge in [0.2, 0.25) is 0 Å². The van der Waals surface area contributed by atoms with Crippen LogP contribution in [0.5, 0.6) is 0 Å². The molecule has 0 amide bonds. The Hall–Kier alpha value is -0.340. The zero-order valence-electron chi connectivity index (χ0n) is 12.0. The van der Waals surface area contributed by atoms with E-state index >= 15 is 0 Å². The van der Waals surface area contributed by atoms with Gasteiger partial charge in [0.25, 0.3) is 0 Å². The number of rotatable bonds is 1. The normalized spacial score (nSPS) is 45.8. The van der Waals surface area contributed by atoms with Crippen LogP contribution >= 0.6 is 0 Å². The number of hydrogen-bond acceptors (Lipinski definition) is 2. The third kappa shape index (κ3) is 2.43. The first kappa shape index (κ1) is 13.1. The van der Waals surface area contributed by atoms with E-state index in [1.54, 1.807) is 0 Å². The smallest absolute Gasteiger partial charge is 0.162 e. The highest BCUT2D eigenvalue weighted by atomic mass is 16.7. The molecule has 2 nitrogen and oxygen atoms in total. The van der Waals surface area contributed by atoms with Crippen LogP contribution in [0.1, 0.15) is 48.0 Å². The minimum Gasteiger partial charge on any atom is -0.346 e. The second-order valence-corrected chi connectivity index (χ2v) is 6.50. The van der Waals surface area contributed by atoms with Crippen molar-refractivity contribution in [3.63, 3.8) is 0 Å². The fourth-order valence-corrected chi connectivity index (χ4v) is 3.26. The molecule has 1 aliphatic carbocycles. The summed E-state index contributed by atoms with van der Waals surface area (Å²) in [6.07, 6.45) is 3.70. The lowest BCUT2D eigenvalue weighted by molar-refractivity contribution is -0.138. The molecular formula is C15H26O2. The maximum Gasteiger partial charge on any atom is 0.162 e. The van der Waals surface area contributed by atoms with E-state index < -0.39 is 0 Å². The first-order chi connectivity index (χ1) is 7.81. The Morgan fingerprint density at radius 1 is 1.24 bits per heavy atom. The molecule has 0 spiro atoms. The molecule has 98 valence electrons. The van der Waals surface area contributed by atoms with Gasteiger partial charge < -0.3 is 9.47 Å². The Morgan fingerprint density at radius 2 is 1.88 bits per heavy atom. The standard InChI is InChI=1S/C15H26O2/c1-9-7-10(2)13(11(3)8-9)14-16-12(4)15(5,6)17-14/h7,10-14H,8H2,1-6H3/t10-,11+,12+,13+,14+/m0/s1. The zero-order chi connectivity index (χ0) is 12.8. The van der Waals surface area contributed by atoms with E-state index in [-0.39, 0.29) is 18.0 Å². The van der Waals surface area contributed by atoms with Crippen LogP contribution < -0.4 is 0 Å². The molecule has 0 N–H and O–H groups in total. The van der Waals surface area contributed by atoms with Gasteiger partial charge in [-0.2, -0.15) is 0 Å². The molecule has 2 aliphatic rings. The molecule has 0 radical (unpaired) electrons. The van der Waals surface area contributed by atoms with Crippen LogP contribution in [0, 0.1) is 17.8 Å². The van der Waals surface area contributed by atoms with Crippen LogP contribution in [0.2, 0.25) is 0 Å². The van der Waals surface area contributed by atoms with E-state index in [4.69, 9.17) is 9.47 Å². The lowest BCUT2D eigenvalue weighted by Gasteiger charge is -2.36. The van der Waals surface area contributed by atoms with Crippen molar-refractivity contribution in [2.75, 3.05) is 0 Å². The van der Waals surface area contributed by atoms with Crippen molar-refractivity contribution in [2.24, 2.45) is 17.8 Å². The molecule has 17 heavy (non-hydrogen) atoms. The molecule has 2 heteroatoms. The van der Waals surface area contributed by atoms with Crippen molar-refractivity contribution in [1.82, 2.24) is 0 Å². The molecule has 0 unspecified atom stereocenters. The zero-order valence-corrected chi connectivity index (χ0v) is 12.0. The van der Waals surface area contributed by atoms with Gasteiger partial charge in [-0.3, -0.25) is 0 Å². The third-order valence-electron chi connectivity index (χ3n) is 4.51. The molecule has 0 saturated carbocycles. The predicted molar refractivity (Wildman–Crippen MR) is 69.7 cm³/mol. The van der Waals surface area contributed by atoms with Gasteiger partial charge in [-0.1, -0.05) is 25.5 Å². The van der Waals surface area contributed by atoms with E-state index in [1.165, 1.54) is 12.0 Å². The molecule has 1 saturated heterocycles. The first-order valence-corrected chi connectivity index (χ1v) is 6.82. The summed E-state index contributed by atoms with van der Waals surface area (Å²) in [6.45, 7) is 13.2. The first-order valence-electron chi connectivity index (χ1n) is 6.82. The highest BCUT2D eigenvalue weighted by Crippen LogP contribution is 2.42. The monoisotopic (exact) mass is 238 g/mol. The average molecular weight is 238 g/mol. The summed E-state index contributed by atoms with van der Waals surface area (Å²) in [5.41, 5.74) is 1.35. The van der Waals surface area contributed by atoms with Crippen LogP contribution in [-0.2, 0) is 9.47 Å². The quantitative estimate of drug-likeness (QED) is 0.647. The van der Waals surface area contributed by atoms with E-state index in [0.717, 1.165) is 0 Å². The Balaban J connectivity index is 2.14. The van der Waals surface area contributed by atoms with Gasteiger partial charge in [-0.05, 0) is 46.0 Å². The lowest BCUT2D eigenvalue weighted by Crippen LogP contribution is -2.36. The third-order valence-corrected chi connectivity index (χ3v) is 4.51. The van der Waals surface area contributed by atoms with Gasteiger partial charge in [0.1, 0.15) is 0 Å². The minimum atomic E-state index is -0.152. The Morgan fingerprint density at radius 3 is 2.35 bits per heavy atom. The van der Waals surface area contributed by atoms with Crippen LogP contribution in [0.25, 0.3) is 0 Å². The van der Waals surface area contributed by atoms with Crippen molar-refractivity contribution >= 4 is 0 Å². The van der Waals surface area contributed by atoms with Crippen LogP contribution in [-0.4, -0.2) is 18.0 Å². The van der Waals surface area contributed by atoms with Crippen molar-refractivity contribution < 1.29 is 9.47 Å². The molecule has 1 aliphatic heterocycles. The molecule has 1 heterocycles. The number of allylic oxidation sites excluding steroid dienone is 2. The molecule has 0 aromatic rings. The average Bonchev–Trinajstić information content (AvgIpc) is 2.38. The SMILES string of the molecule is CC1=C[C@H](C)[C@@H]([C@@H]2O[C@H](C)C(C)(C)O2)[C@H](C)C1. The summed E-state index contributed by atoms with van der Waals surface area (Å²) in [4.78, 5) is 0. The maximum atomic E-state index is 6.13. The van der Waals surface area contributed by atoms with Gasteiger partial charge in [0.05, 0.1) is 11.7 Å². The summed E-state index contributed by atoms with van der Waals surface area (Å²) in [5.74, 6) is 1.67. The maximum absolute atomic E-state index is 6.13. The summed E-state index contributed by atoms with van der Waals surface area (Å²) in [7, 11) is 0. The molecule has 1 fully saturated rings. The van der Waals surface area contributed by atoms with E-state index in [1.807, 2.05) is 0 Å². The number of ether oxygens (including phenoxy) is 2. The van der Waals surface area contributed by atoms with Gasteiger partial charge in [-0.15, -0.1) is 0 Å². The van der Waals surface area contributed by atoms with Crippen LogP contribution in [0.15, 0.2) is 11.6 Å². The minimum absolute atomic E-state index is 0.0330. The van der Waals surface area contributed by atoms with Gasteiger partial charge in [-0.25, -0.2) is 0 Å². The molecule has 5 atom stereocenters. The van der Waals surface area contributed by atoms with Crippen LogP contribution in [0.3, 0.4) is 0 Å². The fraction of sp³-hybridized carbons (Fsp3) is 0.867. The summed E-state index contributed by atoms with van der Waals surface area (Å²) in [6, 6.07) is 0. The highest BCUT2D eigenvalue weighted by Gasteiger charge is 2.46. The second-order valence-electron chi connectivity index (χ2n) is 6.50. The fourth-order valence-electron chi connectivity index (χ4n) is 3.26. The Labute approximate surface area is 105 Å². The topological polar surface area (TPSA) is 18.5 Å². The molecule has 0 aromatic carbocycles. The molecule has 2 rings (SSSR count). The molecular weight excluding hydrogens is 212 g/mol.